The number of amides is 1. The number of para-hydroxylation sites is 3. The van der Waals surface area contributed by atoms with Crippen LogP contribution in [-0.4, -0.2) is 47.3 Å². The van der Waals surface area contributed by atoms with E-state index >= 15 is 0 Å². The molecule has 0 aliphatic heterocycles. The van der Waals surface area contributed by atoms with E-state index in [1.165, 1.54) is 7.11 Å². The molecule has 0 aliphatic rings. The van der Waals surface area contributed by atoms with Crippen molar-refractivity contribution in [3.05, 3.63) is 48.5 Å². The van der Waals surface area contributed by atoms with Crippen molar-refractivity contribution in [1.29, 1.82) is 0 Å². The SMILES string of the molecule is CCCN(CCC)Cn1c(O)c(N=NC(=O)COc2ccccc2OC)c2ccccc21. The summed E-state index contributed by atoms with van der Waals surface area (Å²) in [5.74, 6) is 0.405. The van der Waals surface area contributed by atoms with Crippen LogP contribution < -0.4 is 9.47 Å². The number of fused-ring (bicyclic) bond motifs is 1. The van der Waals surface area contributed by atoms with E-state index in [9.17, 15) is 9.90 Å². The summed E-state index contributed by atoms with van der Waals surface area (Å²) in [4.78, 5) is 14.5. The third-order valence-corrected chi connectivity index (χ3v) is 5.02. The van der Waals surface area contributed by atoms with E-state index in [1.807, 2.05) is 34.9 Å². The number of azo groups is 1. The summed E-state index contributed by atoms with van der Waals surface area (Å²) in [6.45, 7) is 6.37. The lowest BCUT2D eigenvalue weighted by Gasteiger charge is -2.22. The van der Waals surface area contributed by atoms with Crippen molar-refractivity contribution in [2.45, 2.75) is 33.4 Å². The first-order chi connectivity index (χ1) is 15.6. The molecule has 170 valence electrons. The average Bonchev–Trinajstić information content (AvgIpc) is 3.07. The van der Waals surface area contributed by atoms with Gasteiger partial charge in [0.25, 0.3) is 0 Å². The normalized spacial score (nSPS) is 11.5. The molecule has 0 unspecified atom stereocenters. The van der Waals surface area contributed by atoms with Crippen molar-refractivity contribution in [2.24, 2.45) is 10.2 Å². The average molecular weight is 439 g/mol. The second kappa shape index (κ2) is 11.3. The molecule has 0 atom stereocenters. The van der Waals surface area contributed by atoms with E-state index < -0.39 is 5.91 Å². The number of ether oxygens (including phenoxy) is 2. The smallest absolute Gasteiger partial charge is 0.302 e. The van der Waals surface area contributed by atoms with Crippen molar-refractivity contribution in [3.63, 3.8) is 0 Å². The van der Waals surface area contributed by atoms with Gasteiger partial charge in [0, 0.05) is 5.39 Å². The van der Waals surface area contributed by atoms with Crippen molar-refractivity contribution >= 4 is 22.5 Å². The molecule has 0 bridgehead atoms. The summed E-state index contributed by atoms with van der Waals surface area (Å²) in [6.07, 6.45) is 2.04. The van der Waals surface area contributed by atoms with E-state index in [1.54, 1.807) is 18.2 Å². The number of hydrogen-bond donors (Lipinski definition) is 1. The topological polar surface area (TPSA) is 88.7 Å². The largest absolute Gasteiger partial charge is 0.493 e. The second-order valence-electron chi connectivity index (χ2n) is 7.41. The maximum atomic E-state index is 12.3. The molecule has 2 aromatic carbocycles. The van der Waals surface area contributed by atoms with Crippen LogP contribution in [0.3, 0.4) is 0 Å². The molecular formula is C24H30N4O4. The molecule has 3 rings (SSSR count). The van der Waals surface area contributed by atoms with Gasteiger partial charge in [0.15, 0.2) is 23.8 Å². The number of nitrogens with zero attached hydrogens (tertiary/aromatic N) is 4. The van der Waals surface area contributed by atoms with Gasteiger partial charge in [-0.15, -0.1) is 10.2 Å². The Balaban J connectivity index is 1.80. The third kappa shape index (κ3) is 5.45. The van der Waals surface area contributed by atoms with Crippen LogP contribution in [0, 0.1) is 0 Å². The molecule has 0 saturated carbocycles. The van der Waals surface area contributed by atoms with Gasteiger partial charge in [0.05, 0.1) is 19.3 Å². The molecule has 1 heterocycles. The van der Waals surface area contributed by atoms with Gasteiger partial charge < -0.3 is 14.6 Å². The minimum atomic E-state index is -0.564. The predicted molar refractivity (Wildman–Crippen MR) is 124 cm³/mol. The molecular weight excluding hydrogens is 408 g/mol. The Morgan fingerprint density at radius 3 is 2.38 bits per heavy atom. The number of rotatable bonds is 11. The number of carbonyl (C=O) groups is 1. The van der Waals surface area contributed by atoms with Crippen LogP contribution in [0.25, 0.3) is 10.9 Å². The van der Waals surface area contributed by atoms with E-state index in [0.717, 1.165) is 36.8 Å². The number of aromatic hydroxyl groups is 1. The highest BCUT2D eigenvalue weighted by atomic mass is 16.5. The Hall–Kier alpha value is -3.39. The molecule has 0 saturated heterocycles. The number of aromatic nitrogens is 1. The first-order valence-electron chi connectivity index (χ1n) is 10.8. The zero-order valence-electron chi connectivity index (χ0n) is 18.8. The van der Waals surface area contributed by atoms with E-state index in [0.29, 0.717) is 18.2 Å². The third-order valence-electron chi connectivity index (χ3n) is 5.02. The van der Waals surface area contributed by atoms with Crippen molar-refractivity contribution in [2.75, 3.05) is 26.8 Å². The summed E-state index contributed by atoms with van der Waals surface area (Å²) in [7, 11) is 1.53. The first kappa shape index (κ1) is 23.3. The molecule has 1 N–H and O–H groups in total. The molecule has 0 radical (unpaired) electrons. The van der Waals surface area contributed by atoms with Crippen LogP contribution in [0.5, 0.6) is 17.4 Å². The molecule has 1 aromatic heterocycles. The van der Waals surface area contributed by atoms with Crippen LogP contribution in [0.2, 0.25) is 0 Å². The summed E-state index contributed by atoms with van der Waals surface area (Å²) < 4.78 is 12.5. The molecule has 32 heavy (non-hydrogen) atoms. The lowest BCUT2D eigenvalue weighted by Crippen LogP contribution is -2.27. The fourth-order valence-corrected chi connectivity index (χ4v) is 3.61. The summed E-state index contributed by atoms with van der Waals surface area (Å²) in [5.41, 5.74) is 1.12. The Morgan fingerprint density at radius 2 is 1.69 bits per heavy atom. The minimum absolute atomic E-state index is 0.00870. The molecule has 0 spiro atoms. The Kier molecular flexibility index (Phi) is 8.21. The van der Waals surface area contributed by atoms with Crippen molar-refractivity contribution in [1.82, 2.24) is 9.47 Å². The zero-order valence-corrected chi connectivity index (χ0v) is 18.8. The van der Waals surface area contributed by atoms with Gasteiger partial charge in [-0.3, -0.25) is 14.3 Å². The van der Waals surface area contributed by atoms with Gasteiger partial charge in [0.2, 0.25) is 5.88 Å². The van der Waals surface area contributed by atoms with Gasteiger partial charge in [0.1, 0.15) is 0 Å². The predicted octanol–water partition coefficient (Wildman–Crippen LogP) is 5.12. The van der Waals surface area contributed by atoms with Crippen LogP contribution in [-0.2, 0) is 11.5 Å². The van der Waals surface area contributed by atoms with Gasteiger partial charge in [-0.2, -0.15) is 0 Å². The fourth-order valence-electron chi connectivity index (χ4n) is 3.61. The van der Waals surface area contributed by atoms with Crippen molar-refractivity contribution in [3.8, 4) is 17.4 Å². The van der Waals surface area contributed by atoms with E-state index in [-0.39, 0.29) is 18.2 Å². The highest BCUT2D eigenvalue weighted by Crippen LogP contribution is 2.39. The van der Waals surface area contributed by atoms with Gasteiger partial charge >= 0.3 is 5.91 Å². The second-order valence-corrected chi connectivity index (χ2v) is 7.41. The zero-order chi connectivity index (χ0) is 22.9. The number of hydrogen-bond acceptors (Lipinski definition) is 6. The molecule has 8 nitrogen and oxygen atoms in total. The lowest BCUT2D eigenvalue weighted by atomic mass is 10.2. The Morgan fingerprint density at radius 1 is 1.03 bits per heavy atom. The summed E-state index contributed by atoms with van der Waals surface area (Å²) in [5, 5.41) is 19.5. The van der Waals surface area contributed by atoms with Crippen LogP contribution >= 0.6 is 0 Å². The molecule has 0 aliphatic carbocycles. The van der Waals surface area contributed by atoms with Crippen molar-refractivity contribution < 1.29 is 19.4 Å². The number of benzene rings is 2. The highest BCUT2D eigenvalue weighted by molar-refractivity contribution is 5.95. The molecule has 0 fully saturated rings. The van der Waals surface area contributed by atoms with Crippen LogP contribution in [0.15, 0.2) is 58.8 Å². The van der Waals surface area contributed by atoms with Crippen LogP contribution in [0.1, 0.15) is 26.7 Å². The maximum absolute atomic E-state index is 12.3. The van der Waals surface area contributed by atoms with Gasteiger partial charge in [-0.25, -0.2) is 0 Å². The molecule has 8 heteroatoms. The fraction of sp³-hybridized carbons (Fsp3) is 0.375. The maximum Gasteiger partial charge on any atom is 0.302 e. The minimum Gasteiger partial charge on any atom is -0.493 e. The quantitative estimate of drug-likeness (QED) is 0.420. The number of methoxy groups -OCH3 is 1. The van der Waals surface area contributed by atoms with Gasteiger partial charge in [-0.1, -0.05) is 44.2 Å². The highest BCUT2D eigenvalue weighted by Gasteiger charge is 2.18. The Bertz CT molecular complexity index is 1070. The van der Waals surface area contributed by atoms with Crippen LogP contribution in [0.4, 0.5) is 5.69 Å². The Labute approximate surface area is 188 Å². The molecule has 3 aromatic rings. The molecule has 1 amide bonds. The van der Waals surface area contributed by atoms with E-state index in [4.69, 9.17) is 9.47 Å². The standard InChI is InChI=1S/C24H30N4O4/c1-4-14-27(15-5-2)17-28-19-11-7-6-10-18(19)23(24(28)30)26-25-22(29)16-32-21-13-9-8-12-20(21)31-3/h6-13,30H,4-5,14-17H2,1-3H3. The summed E-state index contributed by atoms with van der Waals surface area (Å²) in [6, 6.07) is 14.6. The van der Waals surface area contributed by atoms with E-state index in [2.05, 4.69) is 29.0 Å². The summed E-state index contributed by atoms with van der Waals surface area (Å²) >= 11 is 0. The monoisotopic (exact) mass is 438 g/mol. The number of carbonyl (C=O) groups excluding carboxylic acids is 1. The first-order valence-corrected chi connectivity index (χ1v) is 10.8. The lowest BCUT2D eigenvalue weighted by molar-refractivity contribution is -0.120. The van der Waals surface area contributed by atoms with Gasteiger partial charge in [-0.05, 0) is 44.1 Å².